The molecule has 1 aromatic heterocycles. The zero-order valence-corrected chi connectivity index (χ0v) is 28.4. The summed E-state index contributed by atoms with van der Waals surface area (Å²) in [5.41, 5.74) is 2.26. The smallest absolute Gasteiger partial charge is 0.318 e. The third-order valence-electron chi connectivity index (χ3n) is 9.64. The first-order valence-electron chi connectivity index (χ1n) is 16.8. The SMILES string of the molecule is C=CC(=O)N1CCN(c2nc(OC[C@H]3CCCN3C)nc3c2CCN(c2cc(OC(=O)C(C)(C)C)cc4ccccc24)C3)C[C@@H]1CC#N. The highest BCUT2D eigenvalue weighted by Gasteiger charge is 2.34. The second-order valence-electron chi connectivity index (χ2n) is 14.0. The molecule has 0 bridgehead atoms. The van der Waals surface area contributed by atoms with Gasteiger partial charge in [0.1, 0.15) is 18.2 Å². The minimum Gasteiger partial charge on any atom is -0.462 e. The van der Waals surface area contributed by atoms with Crippen LogP contribution in [0, 0.1) is 16.7 Å². The first-order chi connectivity index (χ1) is 23.0. The number of carbonyl (C=O) groups is 2. The molecule has 6 rings (SSSR count). The van der Waals surface area contributed by atoms with Crippen molar-refractivity contribution in [3.05, 3.63) is 60.3 Å². The van der Waals surface area contributed by atoms with Gasteiger partial charge in [0.2, 0.25) is 5.91 Å². The summed E-state index contributed by atoms with van der Waals surface area (Å²) in [4.78, 5) is 43.9. The number of anilines is 2. The van der Waals surface area contributed by atoms with Crippen LogP contribution in [0.15, 0.2) is 49.1 Å². The fourth-order valence-corrected chi connectivity index (χ4v) is 6.86. The predicted molar refractivity (Wildman–Crippen MR) is 185 cm³/mol. The third-order valence-corrected chi connectivity index (χ3v) is 9.64. The van der Waals surface area contributed by atoms with Gasteiger partial charge in [-0.3, -0.25) is 9.59 Å². The van der Waals surface area contributed by atoms with Crippen LogP contribution in [0.25, 0.3) is 10.8 Å². The summed E-state index contributed by atoms with van der Waals surface area (Å²) in [6.45, 7) is 13.5. The number of nitrogens with zero attached hydrogens (tertiary/aromatic N) is 7. The minimum atomic E-state index is -0.635. The van der Waals surface area contributed by atoms with Crippen LogP contribution in [-0.2, 0) is 22.6 Å². The average molecular weight is 652 g/mol. The standard InChI is InChI=1S/C37H45N7O4/c1-6-33(45)44-19-18-43(22-26(44)13-15-38)34-30-14-17-42(23-31(30)39-36(40-34)47-24-27-11-9-16-41(27)5)32-21-28(48-35(46)37(2,3)4)20-25-10-7-8-12-29(25)32/h6-8,10,12,20-21,26-27H,1,9,11,13-14,16-19,22-24H2,2-5H3/t26-,27+/m0/s1. The number of fused-ring (bicyclic) bond motifs is 2. The van der Waals surface area contributed by atoms with Gasteiger partial charge in [0, 0.05) is 54.9 Å². The normalized spacial score (nSPS) is 19.9. The first kappa shape index (κ1) is 33.2. The van der Waals surface area contributed by atoms with Crippen molar-refractivity contribution in [3.63, 3.8) is 0 Å². The van der Waals surface area contributed by atoms with E-state index in [2.05, 4.69) is 40.5 Å². The van der Waals surface area contributed by atoms with Gasteiger partial charge in [0.05, 0.1) is 36.2 Å². The summed E-state index contributed by atoms with van der Waals surface area (Å²) in [5, 5.41) is 11.6. The summed E-state index contributed by atoms with van der Waals surface area (Å²) >= 11 is 0. The highest BCUT2D eigenvalue weighted by atomic mass is 16.5. The van der Waals surface area contributed by atoms with Gasteiger partial charge in [0.25, 0.3) is 0 Å². The number of benzene rings is 2. The zero-order chi connectivity index (χ0) is 34.0. The molecular weight excluding hydrogens is 606 g/mol. The van der Waals surface area contributed by atoms with Crippen molar-refractivity contribution in [3.8, 4) is 17.8 Å². The van der Waals surface area contributed by atoms with E-state index in [1.54, 1.807) is 4.90 Å². The molecule has 4 heterocycles. The molecule has 48 heavy (non-hydrogen) atoms. The number of amides is 1. The van der Waals surface area contributed by atoms with E-state index in [0.717, 1.165) is 52.9 Å². The summed E-state index contributed by atoms with van der Waals surface area (Å²) < 4.78 is 12.2. The largest absolute Gasteiger partial charge is 0.462 e. The Labute approximate surface area is 282 Å². The number of carbonyl (C=O) groups excluding carboxylic acids is 2. The molecule has 2 fully saturated rings. The van der Waals surface area contributed by atoms with Gasteiger partial charge in [-0.05, 0) is 71.2 Å². The molecule has 2 saturated heterocycles. The van der Waals surface area contributed by atoms with Crippen molar-refractivity contribution in [2.24, 2.45) is 5.41 Å². The third kappa shape index (κ3) is 6.95. The van der Waals surface area contributed by atoms with Crippen LogP contribution in [0.1, 0.15) is 51.3 Å². The summed E-state index contributed by atoms with van der Waals surface area (Å²) in [5.74, 6) is 0.866. The molecule has 3 aromatic rings. The van der Waals surface area contributed by atoms with Gasteiger partial charge in [-0.25, -0.2) is 0 Å². The van der Waals surface area contributed by atoms with Crippen LogP contribution in [0.5, 0.6) is 11.8 Å². The van der Waals surface area contributed by atoms with Gasteiger partial charge in [-0.1, -0.05) is 30.8 Å². The summed E-state index contributed by atoms with van der Waals surface area (Å²) in [6, 6.07) is 14.6. The van der Waals surface area contributed by atoms with E-state index in [1.165, 1.54) is 6.08 Å². The Kier molecular flexibility index (Phi) is 9.56. The molecule has 0 unspecified atom stereocenters. The quantitative estimate of drug-likeness (QED) is 0.192. The number of ether oxygens (including phenoxy) is 2. The lowest BCUT2D eigenvalue weighted by Crippen LogP contribution is -2.55. The minimum absolute atomic E-state index is 0.164. The molecule has 11 heteroatoms. The molecule has 1 amide bonds. The Morgan fingerprint density at radius 3 is 2.62 bits per heavy atom. The second-order valence-corrected chi connectivity index (χ2v) is 14.0. The van der Waals surface area contributed by atoms with E-state index < -0.39 is 5.41 Å². The van der Waals surface area contributed by atoms with Crippen LogP contribution in [0.3, 0.4) is 0 Å². The molecule has 11 nitrogen and oxygen atoms in total. The van der Waals surface area contributed by atoms with Gasteiger partial charge in [-0.15, -0.1) is 0 Å². The maximum atomic E-state index is 12.8. The monoisotopic (exact) mass is 651 g/mol. The molecule has 0 radical (unpaired) electrons. The van der Waals surface area contributed by atoms with Crippen molar-refractivity contribution in [2.45, 2.75) is 65.1 Å². The number of piperazine rings is 1. The molecular formula is C37H45N7O4. The number of hydrogen-bond donors (Lipinski definition) is 0. The highest BCUT2D eigenvalue weighted by molar-refractivity contribution is 5.96. The van der Waals surface area contributed by atoms with Crippen LogP contribution < -0.4 is 19.3 Å². The highest BCUT2D eigenvalue weighted by Crippen LogP contribution is 2.37. The summed E-state index contributed by atoms with van der Waals surface area (Å²) in [7, 11) is 2.12. The van der Waals surface area contributed by atoms with Crippen molar-refractivity contribution in [2.75, 3.05) is 56.2 Å². The van der Waals surface area contributed by atoms with Crippen molar-refractivity contribution >= 4 is 34.2 Å². The molecule has 3 aliphatic heterocycles. The number of aromatic nitrogens is 2. The van der Waals surface area contributed by atoms with Crippen LogP contribution >= 0.6 is 0 Å². The number of rotatable bonds is 8. The Morgan fingerprint density at radius 1 is 1.08 bits per heavy atom. The van der Waals surface area contributed by atoms with E-state index in [-0.39, 0.29) is 24.3 Å². The van der Waals surface area contributed by atoms with E-state index in [1.807, 2.05) is 51.1 Å². The van der Waals surface area contributed by atoms with Gasteiger partial charge >= 0.3 is 12.0 Å². The van der Waals surface area contributed by atoms with Gasteiger partial charge in [-0.2, -0.15) is 15.2 Å². The van der Waals surface area contributed by atoms with Crippen molar-refractivity contribution in [1.82, 2.24) is 19.8 Å². The topological polar surface area (TPSA) is 115 Å². The maximum Gasteiger partial charge on any atom is 0.318 e. The lowest BCUT2D eigenvalue weighted by Gasteiger charge is -2.42. The van der Waals surface area contributed by atoms with Crippen molar-refractivity contribution < 1.29 is 19.1 Å². The number of likely N-dealkylation sites (tertiary alicyclic amines) is 1. The molecule has 0 aliphatic carbocycles. The van der Waals surface area contributed by atoms with Gasteiger partial charge in [0.15, 0.2) is 0 Å². The number of likely N-dealkylation sites (N-methyl/N-ethyl adjacent to an activating group) is 1. The first-order valence-corrected chi connectivity index (χ1v) is 16.8. The van der Waals surface area contributed by atoms with E-state index in [9.17, 15) is 14.9 Å². The number of hydrogen-bond acceptors (Lipinski definition) is 10. The fourth-order valence-electron chi connectivity index (χ4n) is 6.86. The molecule has 2 atom stereocenters. The fraction of sp³-hybridized carbons (Fsp3) is 0.486. The Balaban J connectivity index is 1.35. The predicted octanol–water partition coefficient (Wildman–Crippen LogP) is 4.73. The van der Waals surface area contributed by atoms with E-state index >= 15 is 0 Å². The lowest BCUT2D eigenvalue weighted by molar-refractivity contribution is -0.143. The van der Waals surface area contributed by atoms with Crippen molar-refractivity contribution in [1.29, 1.82) is 5.26 Å². The van der Waals surface area contributed by atoms with E-state index in [0.29, 0.717) is 63.6 Å². The van der Waals surface area contributed by atoms with Crippen LogP contribution in [0.2, 0.25) is 0 Å². The Morgan fingerprint density at radius 2 is 1.90 bits per heavy atom. The van der Waals surface area contributed by atoms with E-state index in [4.69, 9.17) is 19.4 Å². The zero-order valence-electron chi connectivity index (χ0n) is 28.4. The molecule has 3 aliphatic rings. The molecule has 252 valence electrons. The van der Waals surface area contributed by atoms with Gasteiger partial charge < -0.3 is 29.1 Å². The number of nitriles is 1. The Bertz CT molecular complexity index is 1750. The lowest BCUT2D eigenvalue weighted by atomic mass is 9.97. The Hall–Kier alpha value is -4.69. The maximum absolute atomic E-state index is 12.8. The molecule has 0 saturated carbocycles. The van der Waals surface area contributed by atoms with Crippen LogP contribution in [-0.4, -0.2) is 90.1 Å². The number of esters is 1. The molecule has 0 N–H and O–H groups in total. The summed E-state index contributed by atoms with van der Waals surface area (Å²) in [6.07, 6.45) is 4.43. The molecule has 2 aromatic carbocycles. The second kappa shape index (κ2) is 13.8. The average Bonchev–Trinajstić information content (AvgIpc) is 3.49. The molecule has 0 spiro atoms. The van der Waals surface area contributed by atoms with Crippen LogP contribution in [0.4, 0.5) is 11.5 Å².